The molecule has 1 aliphatic rings. The van der Waals surface area contributed by atoms with Crippen LogP contribution in [0.1, 0.15) is 16.8 Å². The maximum atomic E-state index is 12.5. The van der Waals surface area contributed by atoms with E-state index in [1.165, 1.54) is 11.1 Å². The summed E-state index contributed by atoms with van der Waals surface area (Å²) in [4.78, 5) is 47.2. The zero-order valence-corrected chi connectivity index (χ0v) is 15.6. The summed E-state index contributed by atoms with van der Waals surface area (Å²) in [5.41, 5.74) is 2.59. The van der Waals surface area contributed by atoms with Crippen LogP contribution in [0.25, 0.3) is 0 Å². The number of amides is 2. The Kier molecular flexibility index (Phi) is 7.21. The molecule has 2 rings (SSSR count). The Morgan fingerprint density at radius 3 is 2.59 bits per heavy atom. The molecule has 1 fully saturated rings. The van der Waals surface area contributed by atoms with Gasteiger partial charge in [-0.2, -0.15) is 0 Å². The summed E-state index contributed by atoms with van der Waals surface area (Å²) in [5, 5.41) is 4.01. The van der Waals surface area contributed by atoms with Gasteiger partial charge >= 0.3 is 5.97 Å². The fraction of sp³-hybridized carbons (Fsp3) is 0.333. The van der Waals surface area contributed by atoms with Crippen molar-refractivity contribution in [2.24, 2.45) is 4.99 Å². The molecule has 0 aliphatic carbocycles. The van der Waals surface area contributed by atoms with Crippen molar-refractivity contribution in [2.75, 3.05) is 34.2 Å². The van der Waals surface area contributed by atoms with Gasteiger partial charge in [-0.1, -0.05) is 23.8 Å². The second-order valence-corrected chi connectivity index (χ2v) is 6.15. The summed E-state index contributed by atoms with van der Waals surface area (Å²) in [6.45, 7) is 1.22. The molecule has 9 heteroatoms. The van der Waals surface area contributed by atoms with E-state index in [2.05, 4.69) is 20.7 Å². The van der Waals surface area contributed by atoms with E-state index in [9.17, 15) is 14.4 Å². The van der Waals surface area contributed by atoms with Crippen LogP contribution in [0, 0.1) is 0 Å². The van der Waals surface area contributed by atoms with Gasteiger partial charge in [0.15, 0.2) is 0 Å². The first kappa shape index (κ1) is 20.3. The Bertz CT molecular complexity index is 758. The first-order valence-electron chi connectivity index (χ1n) is 8.41. The maximum Gasteiger partial charge on any atom is 0.376 e. The molecule has 0 atom stereocenters. The van der Waals surface area contributed by atoms with Crippen LogP contribution in [0.5, 0.6) is 0 Å². The van der Waals surface area contributed by atoms with Gasteiger partial charge in [0.25, 0.3) is 11.8 Å². The minimum Gasteiger partial charge on any atom is -0.351 e. The standard InChI is InChI=1S/C18H23N5O4/c1-22(2)11-7-10-19-17(25)14(12-15-18(26)27-21-23(15)3)20-16(24)13-8-5-4-6-9-13/h4-6,8-9,12,21H,7,10-11H2,1-3H3,(H,19,25)/b15-12+,20-14?. The van der Waals surface area contributed by atoms with Crippen molar-refractivity contribution in [3.63, 3.8) is 0 Å². The molecule has 2 amide bonds. The molecule has 1 aromatic rings. The van der Waals surface area contributed by atoms with Crippen LogP contribution in [0.4, 0.5) is 0 Å². The van der Waals surface area contributed by atoms with Gasteiger partial charge in [-0.3, -0.25) is 14.6 Å². The van der Waals surface area contributed by atoms with Crippen molar-refractivity contribution in [2.45, 2.75) is 6.42 Å². The lowest BCUT2D eigenvalue weighted by Gasteiger charge is -2.11. The predicted octanol–water partition coefficient (Wildman–Crippen LogP) is 0.128. The van der Waals surface area contributed by atoms with Crippen LogP contribution in [-0.2, 0) is 14.4 Å². The number of benzene rings is 1. The molecule has 1 aliphatic heterocycles. The Morgan fingerprint density at radius 1 is 1.30 bits per heavy atom. The molecular formula is C18H23N5O4. The van der Waals surface area contributed by atoms with E-state index in [0.717, 1.165) is 13.0 Å². The molecule has 2 N–H and O–H groups in total. The normalized spacial score (nSPS) is 16.0. The van der Waals surface area contributed by atoms with Crippen molar-refractivity contribution < 1.29 is 19.2 Å². The van der Waals surface area contributed by atoms with Crippen LogP contribution in [-0.4, -0.2) is 67.6 Å². The summed E-state index contributed by atoms with van der Waals surface area (Å²) in [7, 11) is 5.42. The maximum absolute atomic E-state index is 12.5. The third kappa shape index (κ3) is 6.01. The highest BCUT2D eigenvalue weighted by Gasteiger charge is 2.26. The number of nitrogens with zero attached hydrogens (tertiary/aromatic N) is 3. The lowest BCUT2D eigenvalue weighted by atomic mass is 10.2. The Morgan fingerprint density at radius 2 is 2.00 bits per heavy atom. The number of likely N-dealkylation sites (N-methyl/N-ethyl adjacent to an activating group) is 1. The molecule has 1 aromatic carbocycles. The third-order valence-electron chi connectivity index (χ3n) is 3.66. The van der Waals surface area contributed by atoms with Gasteiger partial charge < -0.3 is 15.1 Å². The summed E-state index contributed by atoms with van der Waals surface area (Å²) >= 11 is 0. The van der Waals surface area contributed by atoms with Crippen molar-refractivity contribution in [1.29, 1.82) is 0 Å². The number of carbonyl (C=O) groups is 3. The van der Waals surface area contributed by atoms with Gasteiger partial charge in [-0.25, -0.2) is 9.79 Å². The minimum absolute atomic E-state index is 0.0676. The highest BCUT2D eigenvalue weighted by molar-refractivity contribution is 6.45. The number of hydrogen-bond acceptors (Lipinski definition) is 7. The van der Waals surface area contributed by atoms with Crippen LogP contribution in [0.2, 0.25) is 0 Å². The van der Waals surface area contributed by atoms with E-state index >= 15 is 0 Å². The molecular weight excluding hydrogens is 350 g/mol. The predicted molar refractivity (Wildman–Crippen MR) is 99.5 cm³/mol. The highest BCUT2D eigenvalue weighted by atomic mass is 16.7. The van der Waals surface area contributed by atoms with Crippen LogP contribution >= 0.6 is 0 Å². The van der Waals surface area contributed by atoms with Crippen LogP contribution in [0.3, 0.4) is 0 Å². The number of carbonyl (C=O) groups excluding carboxylic acids is 3. The van der Waals surface area contributed by atoms with E-state index in [4.69, 9.17) is 0 Å². The summed E-state index contributed by atoms with van der Waals surface area (Å²) in [5.74, 6) is -1.79. The molecule has 0 unspecified atom stereocenters. The van der Waals surface area contributed by atoms with Gasteiger partial charge in [0.1, 0.15) is 11.4 Å². The summed E-state index contributed by atoms with van der Waals surface area (Å²) in [6, 6.07) is 8.38. The van der Waals surface area contributed by atoms with Gasteiger partial charge in [-0.15, -0.1) is 0 Å². The number of nitrogens with one attached hydrogen (secondary N) is 2. The van der Waals surface area contributed by atoms with Gasteiger partial charge in [0.05, 0.1) is 0 Å². The first-order valence-corrected chi connectivity index (χ1v) is 8.41. The summed E-state index contributed by atoms with van der Waals surface area (Å²) in [6.07, 6.45) is 1.96. The molecule has 0 saturated carbocycles. The van der Waals surface area contributed by atoms with Crippen molar-refractivity contribution in [3.05, 3.63) is 47.7 Å². The highest BCUT2D eigenvalue weighted by Crippen LogP contribution is 2.09. The molecule has 1 heterocycles. The Hall–Kier alpha value is -3.04. The average Bonchev–Trinajstić information content (AvgIpc) is 2.96. The number of hydrogen-bond donors (Lipinski definition) is 2. The quantitative estimate of drug-likeness (QED) is 0.398. The minimum atomic E-state index is -0.669. The second kappa shape index (κ2) is 9.60. The number of aliphatic imine (C=N–C) groups is 1. The van der Waals surface area contributed by atoms with Gasteiger partial charge in [0, 0.05) is 25.2 Å². The monoisotopic (exact) mass is 373 g/mol. The van der Waals surface area contributed by atoms with Gasteiger partial charge in [0.2, 0.25) is 0 Å². The Balaban J connectivity index is 2.21. The molecule has 27 heavy (non-hydrogen) atoms. The molecule has 0 radical (unpaired) electrons. The fourth-order valence-corrected chi connectivity index (χ4v) is 2.22. The lowest BCUT2D eigenvalue weighted by molar-refractivity contribution is -0.142. The number of rotatable bonds is 7. The smallest absolute Gasteiger partial charge is 0.351 e. The van der Waals surface area contributed by atoms with E-state index in [1.54, 1.807) is 37.4 Å². The topological polar surface area (TPSA) is 103 Å². The first-order chi connectivity index (χ1) is 12.9. The van der Waals surface area contributed by atoms with E-state index < -0.39 is 17.8 Å². The SMILES string of the molecule is CN(C)CCCNC(=O)C(/C=C1\C(=O)ONN1C)=NC(=O)c1ccccc1. The number of hydrazine groups is 1. The van der Waals surface area contributed by atoms with Gasteiger partial charge in [-0.05, 0) is 39.2 Å². The Labute approximate surface area is 157 Å². The second-order valence-electron chi connectivity index (χ2n) is 6.15. The van der Waals surface area contributed by atoms with E-state index in [0.29, 0.717) is 12.1 Å². The molecule has 144 valence electrons. The molecule has 1 saturated heterocycles. The molecule has 0 bridgehead atoms. The van der Waals surface area contributed by atoms with E-state index in [1.807, 2.05) is 19.0 Å². The fourth-order valence-electron chi connectivity index (χ4n) is 2.22. The molecule has 0 spiro atoms. The van der Waals surface area contributed by atoms with Crippen molar-refractivity contribution in [3.8, 4) is 0 Å². The van der Waals surface area contributed by atoms with Crippen LogP contribution < -0.4 is 10.9 Å². The van der Waals surface area contributed by atoms with Crippen molar-refractivity contribution >= 4 is 23.5 Å². The molecule has 9 nitrogen and oxygen atoms in total. The lowest BCUT2D eigenvalue weighted by Crippen LogP contribution is -2.34. The van der Waals surface area contributed by atoms with Crippen molar-refractivity contribution in [1.82, 2.24) is 20.8 Å². The average molecular weight is 373 g/mol. The zero-order valence-electron chi connectivity index (χ0n) is 15.6. The third-order valence-corrected chi connectivity index (χ3v) is 3.66. The zero-order chi connectivity index (χ0) is 19.8. The van der Waals surface area contributed by atoms with Crippen LogP contribution in [0.15, 0.2) is 47.1 Å². The summed E-state index contributed by atoms with van der Waals surface area (Å²) < 4.78 is 0. The molecule has 0 aromatic heterocycles. The van der Waals surface area contributed by atoms with E-state index in [-0.39, 0.29) is 11.4 Å². The largest absolute Gasteiger partial charge is 0.376 e.